The lowest BCUT2D eigenvalue weighted by Crippen LogP contribution is -2.33. The van der Waals surface area contributed by atoms with Crippen molar-refractivity contribution in [3.63, 3.8) is 0 Å². The molecule has 2 aromatic carbocycles. The fraction of sp³-hybridized carbons (Fsp3) is 0.263. The molecule has 3 rings (SSSR count). The van der Waals surface area contributed by atoms with E-state index >= 15 is 0 Å². The second-order valence-electron chi connectivity index (χ2n) is 6.03. The summed E-state index contributed by atoms with van der Waals surface area (Å²) >= 11 is 1.34. The van der Waals surface area contributed by atoms with Crippen LogP contribution in [0.15, 0.2) is 65.8 Å². The largest absolute Gasteiger partial charge is 0.355 e. The van der Waals surface area contributed by atoms with E-state index in [2.05, 4.69) is 39.9 Å². The van der Waals surface area contributed by atoms with E-state index in [1.165, 1.54) is 17.3 Å². The summed E-state index contributed by atoms with van der Waals surface area (Å²) < 4.78 is 1.64. The number of carbonyl (C=O) groups excluding carboxylic acids is 1. The third-order valence-electron chi connectivity index (χ3n) is 4.04. The van der Waals surface area contributed by atoms with Crippen LogP contribution < -0.4 is 5.32 Å². The lowest BCUT2D eigenvalue weighted by Gasteiger charge is -2.15. The van der Waals surface area contributed by atoms with Gasteiger partial charge in [0, 0.05) is 6.54 Å². The van der Waals surface area contributed by atoms with Gasteiger partial charge in [-0.25, -0.2) is 0 Å². The van der Waals surface area contributed by atoms with Gasteiger partial charge in [0.25, 0.3) is 0 Å². The van der Waals surface area contributed by atoms with Crippen molar-refractivity contribution in [1.29, 1.82) is 0 Å². The molecule has 0 aliphatic rings. The number of thioether (sulfide) groups is 1. The number of aromatic nitrogens is 4. The number of hydrogen-bond donors (Lipinski definition) is 1. The van der Waals surface area contributed by atoms with Crippen LogP contribution in [-0.4, -0.2) is 37.9 Å². The monoisotopic (exact) mass is 367 g/mol. The molecule has 0 unspecified atom stereocenters. The van der Waals surface area contributed by atoms with Crippen LogP contribution in [0, 0.1) is 0 Å². The van der Waals surface area contributed by atoms with E-state index in [-0.39, 0.29) is 17.1 Å². The number of carbonyl (C=O) groups is 1. The average molecular weight is 367 g/mol. The van der Waals surface area contributed by atoms with Crippen LogP contribution in [0.4, 0.5) is 0 Å². The molecule has 6 nitrogen and oxygen atoms in total. The first-order chi connectivity index (χ1) is 12.6. The van der Waals surface area contributed by atoms with Crippen molar-refractivity contribution in [2.45, 2.75) is 30.2 Å². The molecule has 0 saturated heterocycles. The van der Waals surface area contributed by atoms with Crippen LogP contribution in [-0.2, 0) is 4.79 Å². The Labute approximate surface area is 157 Å². The minimum absolute atomic E-state index is 0.0274. The van der Waals surface area contributed by atoms with Gasteiger partial charge in [-0.05, 0) is 41.0 Å². The molecule has 0 bridgehead atoms. The van der Waals surface area contributed by atoms with E-state index in [0.29, 0.717) is 11.7 Å². The lowest BCUT2D eigenvalue weighted by molar-refractivity contribution is -0.120. The molecule has 0 aliphatic carbocycles. The second-order valence-corrected chi connectivity index (χ2v) is 7.33. The number of rotatable bonds is 7. The van der Waals surface area contributed by atoms with Crippen molar-refractivity contribution >= 4 is 17.7 Å². The molecular weight excluding hydrogens is 346 g/mol. The highest BCUT2D eigenvalue weighted by Crippen LogP contribution is 2.23. The number of nitrogens with one attached hydrogen (secondary N) is 1. The molecule has 26 heavy (non-hydrogen) atoms. The fourth-order valence-corrected chi connectivity index (χ4v) is 3.32. The molecule has 1 aromatic heterocycles. The van der Waals surface area contributed by atoms with Gasteiger partial charge < -0.3 is 5.32 Å². The third kappa shape index (κ3) is 4.49. The summed E-state index contributed by atoms with van der Waals surface area (Å²) in [5.41, 5.74) is 2.08. The molecule has 0 spiro atoms. The minimum atomic E-state index is -0.300. The van der Waals surface area contributed by atoms with Crippen molar-refractivity contribution in [3.8, 4) is 5.69 Å². The molecule has 0 fully saturated rings. The Balaban J connectivity index is 1.58. The SMILES string of the molecule is C[C@@H](Sc1nnnn1-c1ccccc1)C(=O)NC[C@H](C)c1ccccc1. The summed E-state index contributed by atoms with van der Waals surface area (Å²) in [6.07, 6.45) is 0. The maximum absolute atomic E-state index is 12.4. The van der Waals surface area contributed by atoms with Gasteiger partial charge in [-0.2, -0.15) is 4.68 Å². The van der Waals surface area contributed by atoms with E-state index in [1.54, 1.807) is 4.68 Å². The van der Waals surface area contributed by atoms with Crippen molar-refractivity contribution in [2.24, 2.45) is 0 Å². The first-order valence-corrected chi connectivity index (χ1v) is 9.36. The molecule has 2 atom stereocenters. The molecule has 3 aromatic rings. The van der Waals surface area contributed by atoms with Gasteiger partial charge in [0.2, 0.25) is 11.1 Å². The number of para-hydroxylation sites is 1. The lowest BCUT2D eigenvalue weighted by atomic mass is 10.0. The van der Waals surface area contributed by atoms with E-state index in [0.717, 1.165) is 5.69 Å². The number of hydrogen-bond acceptors (Lipinski definition) is 5. The van der Waals surface area contributed by atoms with Crippen molar-refractivity contribution in [1.82, 2.24) is 25.5 Å². The van der Waals surface area contributed by atoms with Gasteiger partial charge in [0.05, 0.1) is 10.9 Å². The Kier molecular flexibility index (Phi) is 6.01. The molecule has 1 N–H and O–H groups in total. The molecule has 0 radical (unpaired) electrons. The Morgan fingerprint density at radius 2 is 1.73 bits per heavy atom. The van der Waals surface area contributed by atoms with Crippen LogP contribution >= 0.6 is 11.8 Å². The number of benzene rings is 2. The minimum Gasteiger partial charge on any atom is -0.355 e. The summed E-state index contributed by atoms with van der Waals surface area (Å²) in [5, 5.41) is 15.1. The van der Waals surface area contributed by atoms with Gasteiger partial charge >= 0.3 is 0 Å². The molecule has 0 aliphatic heterocycles. The fourth-order valence-electron chi connectivity index (χ4n) is 2.49. The average Bonchev–Trinajstić information content (AvgIpc) is 3.15. The molecular formula is C19H21N5OS. The summed E-state index contributed by atoms with van der Waals surface area (Å²) in [6.45, 7) is 4.55. The van der Waals surface area contributed by atoms with Crippen LogP contribution in [0.3, 0.4) is 0 Å². The van der Waals surface area contributed by atoms with E-state index in [9.17, 15) is 4.79 Å². The molecule has 1 amide bonds. The smallest absolute Gasteiger partial charge is 0.233 e. The molecule has 7 heteroatoms. The first-order valence-electron chi connectivity index (χ1n) is 8.48. The van der Waals surface area contributed by atoms with Crippen LogP contribution in [0.1, 0.15) is 25.3 Å². The van der Waals surface area contributed by atoms with Gasteiger partial charge in [0.15, 0.2) is 0 Å². The first kappa shape index (κ1) is 18.1. The third-order valence-corrected chi connectivity index (χ3v) is 5.08. The quantitative estimate of drug-likeness (QED) is 0.650. The number of amides is 1. The van der Waals surface area contributed by atoms with Gasteiger partial charge in [0.1, 0.15) is 0 Å². The zero-order valence-electron chi connectivity index (χ0n) is 14.7. The standard InChI is InChI=1S/C19H21N5OS/c1-14(16-9-5-3-6-10-16)13-20-18(25)15(2)26-19-21-22-23-24(19)17-11-7-4-8-12-17/h3-12,14-15H,13H2,1-2H3,(H,20,25)/t14-,15+/m0/s1. The van der Waals surface area contributed by atoms with E-state index < -0.39 is 0 Å². The highest BCUT2D eigenvalue weighted by Gasteiger charge is 2.19. The Hall–Kier alpha value is -2.67. The highest BCUT2D eigenvalue weighted by molar-refractivity contribution is 8.00. The molecule has 134 valence electrons. The maximum atomic E-state index is 12.4. The molecule has 1 heterocycles. The topological polar surface area (TPSA) is 72.7 Å². The normalized spacial score (nSPS) is 13.2. The summed E-state index contributed by atoms with van der Waals surface area (Å²) in [6, 6.07) is 19.8. The number of tetrazole rings is 1. The summed E-state index contributed by atoms with van der Waals surface area (Å²) in [5.74, 6) is 0.229. The van der Waals surface area contributed by atoms with Gasteiger partial charge in [-0.15, -0.1) is 5.10 Å². The van der Waals surface area contributed by atoms with Crippen LogP contribution in [0.5, 0.6) is 0 Å². The summed E-state index contributed by atoms with van der Waals surface area (Å²) in [4.78, 5) is 12.4. The van der Waals surface area contributed by atoms with Crippen molar-refractivity contribution < 1.29 is 4.79 Å². The molecule has 0 saturated carbocycles. The zero-order chi connectivity index (χ0) is 18.4. The van der Waals surface area contributed by atoms with E-state index in [4.69, 9.17) is 0 Å². The maximum Gasteiger partial charge on any atom is 0.233 e. The van der Waals surface area contributed by atoms with Crippen molar-refractivity contribution in [3.05, 3.63) is 66.2 Å². The zero-order valence-corrected chi connectivity index (χ0v) is 15.6. The predicted molar refractivity (Wildman–Crippen MR) is 102 cm³/mol. The van der Waals surface area contributed by atoms with Gasteiger partial charge in [-0.3, -0.25) is 4.79 Å². The van der Waals surface area contributed by atoms with Crippen LogP contribution in [0.2, 0.25) is 0 Å². The Morgan fingerprint density at radius 3 is 2.42 bits per heavy atom. The second kappa shape index (κ2) is 8.62. The Morgan fingerprint density at radius 1 is 1.08 bits per heavy atom. The summed E-state index contributed by atoms with van der Waals surface area (Å²) in [7, 11) is 0. The van der Waals surface area contributed by atoms with Crippen LogP contribution in [0.25, 0.3) is 5.69 Å². The number of nitrogens with zero attached hydrogens (tertiary/aromatic N) is 4. The Bertz CT molecular complexity index is 837. The highest BCUT2D eigenvalue weighted by atomic mass is 32.2. The van der Waals surface area contributed by atoms with E-state index in [1.807, 2.05) is 55.5 Å². The van der Waals surface area contributed by atoms with Crippen molar-refractivity contribution in [2.75, 3.05) is 6.54 Å². The predicted octanol–water partition coefficient (Wildman–Crippen LogP) is 3.06. The van der Waals surface area contributed by atoms with Gasteiger partial charge in [-0.1, -0.05) is 67.2 Å².